The first kappa shape index (κ1) is 22.3. The Labute approximate surface area is 166 Å². The van der Waals surface area contributed by atoms with Crippen LogP contribution in [0.15, 0.2) is 0 Å². The number of hydrogen-bond donors (Lipinski definition) is 0. The summed E-state index contributed by atoms with van der Waals surface area (Å²) < 4.78 is 0. The predicted molar refractivity (Wildman–Crippen MR) is 118 cm³/mol. The minimum absolute atomic E-state index is 0.581. The van der Waals surface area contributed by atoms with Crippen molar-refractivity contribution < 1.29 is 0 Å². The lowest BCUT2D eigenvalue weighted by molar-refractivity contribution is 0.273. The molecule has 0 aliphatic heterocycles. The molecular formula is C26H50. The van der Waals surface area contributed by atoms with Gasteiger partial charge in [0.1, 0.15) is 0 Å². The van der Waals surface area contributed by atoms with Crippen molar-refractivity contribution in [2.75, 3.05) is 0 Å². The van der Waals surface area contributed by atoms with Crippen LogP contribution in [-0.4, -0.2) is 0 Å². The van der Waals surface area contributed by atoms with E-state index in [1.165, 1.54) is 103 Å². The first-order valence-electron chi connectivity index (χ1n) is 12.4. The highest BCUT2D eigenvalue weighted by Gasteiger charge is 2.64. The molecule has 2 aliphatic carbocycles. The Morgan fingerprint density at radius 1 is 0.577 bits per heavy atom. The van der Waals surface area contributed by atoms with Crippen molar-refractivity contribution in [2.24, 2.45) is 28.6 Å². The quantitative estimate of drug-likeness (QED) is 0.459. The molecule has 0 heteroatoms. The second-order valence-electron chi connectivity index (χ2n) is 11.1. The summed E-state index contributed by atoms with van der Waals surface area (Å²) in [5.41, 5.74) is 1.20. The minimum atomic E-state index is 0.581. The Balaban J connectivity index is 1.79. The molecule has 0 nitrogen and oxygen atoms in total. The molecule has 0 spiro atoms. The van der Waals surface area contributed by atoms with E-state index in [-0.39, 0.29) is 0 Å². The molecule has 4 atom stereocenters. The molecule has 0 heterocycles. The molecule has 4 unspecified atom stereocenters. The van der Waals surface area contributed by atoms with E-state index in [9.17, 15) is 0 Å². The molecule has 2 fully saturated rings. The zero-order chi connectivity index (χ0) is 19.0. The topological polar surface area (TPSA) is 0 Å². The Bertz CT molecular complexity index is 381. The molecule has 0 N–H and O–H groups in total. The van der Waals surface area contributed by atoms with Crippen molar-refractivity contribution >= 4 is 0 Å². The zero-order valence-corrected chi connectivity index (χ0v) is 19.0. The van der Waals surface area contributed by atoms with E-state index in [2.05, 4.69) is 34.6 Å². The van der Waals surface area contributed by atoms with Gasteiger partial charge in [-0.25, -0.2) is 0 Å². The molecule has 0 radical (unpaired) electrons. The fourth-order valence-corrected chi connectivity index (χ4v) is 6.00. The van der Waals surface area contributed by atoms with Gasteiger partial charge in [-0.3, -0.25) is 0 Å². The predicted octanol–water partition coefficient (Wildman–Crippen LogP) is 9.18. The van der Waals surface area contributed by atoms with Gasteiger partial charge < -0.3 is 0 Å². The van der Waals surface area contributed by atoms with E-state index in [1.54, 1.807) is 0 Å². The molecule has 2 rings (SSSR count). The second kappa shape index (κ2) is 10.5. The fourth-order valence-electron chi connectivity index (χ4n) is 6.00. The lowest BCUT2D eigenvalue weighted by Crippen LogP contribution is -2.12. The minimum Gasteiger partial charge on any atom is -0.0625 e. The highest BCUT2D eigenvalue weighted by molar-refractivity contribution is 5.12. The Morgan fingerprint density at radius 3 is 1.31 bits per heavy atom. The highest BCUT2D eigenvalue weighted by atomic mass is 14.7. The summed E-state index contributed by atoms with van der Waals surface area (Å²) >= 11 is 0. The van der Waals surface area contributed by atoms with Crippen LogP contribution in [-0.2, 0) is 0 Å². The Morgan fingerprint density at radius 2 is 0.923 bits per heavy atom. The SMILES string of the molecule is CC1CCCCCCCCC(CC2(C)C(C)C2(C)C)CCCCCCC1. The third kappa shape index (κ3) is 6.27. The molecule has 0 aromatic carbocycles. The first-order chi connectivity index (χ1) is 12.4. The van der Waals surface area contributed by atoms with Crippen LogP contribution in [0.25, 0.3) is 0 Å². The van der Waals surface area contributed by atoms with Crippen LogP contribution in [0.4, 0.5) is 0 Å². The molecular weight excluding hydrogens is 312 g/mol. The molecule has 2 saturated carbocycles. The lowest BCUT2D eigenvalue weighted by Gasteiger charge is -2.24. The van der Waals surface area contributed by atoms with Crippen LogP contribution in [0, 0.1) is 28.6 Å². The van der Waals surface area contributed by atoms with Gasteiger partial charge in [-0.15, -0.1) is 0 Å². The second-order valence-corrected chi connectivity index (χ2v) is 11.1. The Hall–Kier alpha value is 0. The van der Waals surface area contributed by atoms with Crippen molar-refractivity contribution in [3.05, 3.63) is 0 Å². The van der Waals surface area contributed by atoms with Crippen molar-refractivity contribution in [1.82, 2.24) is 0 Å². The summed E-state index contributed by atoms with van der Waals surface area (Å²) in [4.78, 5) is 0. The molecule has 2 aliphatic rings. The van der Waals surface area contributed by atoms with Crippen molar-refractivity contribution in [1.29, 1.82) is 0 Å². The third-order valence-electron chi connectivity index (χ3n) is 9.01. The van der Waals surface area contributed by atoms with Gasteiger partial charge in [0.15, 0.2) is 0 Å². The number of hydrogen-bond acceptors (Lipinski definition) is 0. The lowest BCUT2D eigenvalue weighted by atomic mass is 9.82. The first-order valence-corrected chi connectivity index (χ1v) is 12.4. The molecule has 0 saturated heterocycles. The van der Waals surface area contributed by atoms with Gasteiger partial charge in [-0.05, 0) is 35.0 Å². The summed E-state index contributed by atoms with van der Waals surface area (Å²) in [6.07, 6.45) is 23.8. The van der Waals surface area contributed by atoms with Gasteiger partial charge in [0.05, 0.1) is 0 Å². The van der Waals surface area contributed by atoms with Crippen LogP contribution in [0.1, 0.15) is 137 Å². The molecule has 154 valence electrons. The summed E-state index contributed by atoms with van der Waals surface area (Å²) in [5, 5.41) is 0. The molecule has 0 aromatic heterocycles. The zero-order valence-electron chi connectivity index (χ0n) is 19.0. The third-order valence-corrected chi connectivity index (χ3v) is 9.01. The highest BCUT2D eigenvalue weighted by Crippen LogP contribution is 2.71. The van der Waals surface area contributed by atoms with Gasteiger partial charge in [0.2, 0.25) is 0 Å². The standard InChI is InChI=1S/C26H50/c1-22-17-13-9-6-7-11-15-19-24(20-16-12-8-10-14-18-22)21-26(5)23(2)25(26,3)4/h22-24H,6-21H2,1-5H3. The summed E-state index contributed by atoms with van der Waals surface area (Å²) in [7, 11) is 0. The molecule has 26 heavy (non-hydrogen) atoms. The molecule has 0 amide bonds. The van der Waals surface area contributed by atoms with E-state index in [0.717, 1.165) is 17.8 Å². The van der Waals surface area contributed by atoms with Crippen LogP contribution in [0.3, 0.4) is 0 Å². The number of rotatable bonds is 2. The van der Waals surface area contributed by atoms with Crippen LogP contribution in [0.2, 0.25) is 0 Å². The maximum atomic E-state index is 2.58. The van der Waals surface area contributed by atoms with Gasteiger partial charge in [0, 0.05) is 0 Å². The van der Waals surface area contributed by atoms with E-state index in [0.29, 0.717) is 10.8 Å². The van der Waals surface area contributed by atoms with Gasteiger partial charge in [0.25, 0.3) is 0 Å². The van der Waals surface area contributed by atoms with Crippen LogP contribution >= 0.6 is 0 Å². The van der Waals surface area contributed by atoms with Gasteiger partial charge in [-0.1, -0.05) is 131 Å². The van der Waals surface area contributed by atoms with Crippen LogP contribution < -0.4 is 0 Å². The average Bonchev–Trinajstić information content (AvgIpc) is 2.97. The van der Waals surface area contributed by atoms with Gasteiger partial charge >= 0.3 is 0 Å². The maximum Gasteiger partial charge on any atom is -0.0238 e. The van der Waals surface area contributed by atoms with Gasteiger partial charge in [-0.2, -0.15) is 0 Å². The van der Waals surface area contributed by atoms with Crippen molar-refractivity contribution in [3.63, 3.8) is 0 Å². The van der Waals surface area contributed by atoms with E-state index in [4.69, 9.17) is 0 Å². The monoisotopic (exact) mass is 362 g/mol. The maximum absolute atomic E-state index is 2.58. The smallest absolute Gasteiger partial charge is 0.0238 e. The molecule has 0 bridgehead atoms. The fraction of sp³-hybridized carbons (Fsp3) is 1.00. The normalized spacial score (nSPS) is 38.4. The van der Waals surface area contributed by atoms with E-state index >= 15 is 0 Å². The van der Waals surface area contributed by atoms with Crippen LogP contribution in [0.5, 0.6) is 0 Å². The molecule has 0 aromatic rings. The summed E-state index contributed by atoms with van der Waals surface area (Å²) in [5.74, 6) is 2.89. The van der Waals surface area contributed by atoms with Crippen molar-refractivity contribution in [3.8, 4) is 0 Å². The van der Waals surface area contributed by atoms with E-state index in [1.807, 2.05) is 0 Å². The largest absolute Gasteiger partial charge is 0.0625 e. The van der Waals surface area contributed by atoms with Crippen molar-refractivity contribution in [2.45, 2.75) is 137 Å². The van der Waals surface area contributed by atoms with E-state index < -0.39 is 0 Å². The Kier molecular flexibility index (Phi) is 9.02. The summed E-state index contributed by atoms with van der Waals surface area (Å²) in [6, 6.07) is 0. The average molecular weight is 363 g/mol. The summed E-state index contributed by atoms with van der Waals surface area (Å²) in [6.45, 7) is 12.6.